The van der Waals surface area contributed by atoms with Crippen LogP contribution in [0.3, 0.4) is 0 Å². The second-order valence-corrected chi connectivity index (χ2v) is 11.0. The summed E-state index contributed by atoms with van der Waals surface area (Å²) >= 11 is 0. The topological polar surface area (TPSA) is 112 Å². The van der Waals surface area contributed by atoms with Crippen molar-refractivity contribution in [2.75, 3.05) is 27.7 Å². The van der Waals surface area contributed by atoms with Gasteiger partial charge in [-0.2, -0.15) is 0 Å². The second kappa shape index (κ2) is 16.6. The number of carbonyl (C=O) groups excluding carboxylic acids is 1. The average Bonchev–Trinajstić information content (AvgIpc) is 3.43. The molecule has 1 aliphatic heterocycles. The van der Waals surface area contributed by atoms with Crippen LogP contribution in [0.15, 0.2) is 48.6 Å². The van der Waals surface area contributed by atoms with Gasteiger partial charge in [0.1, 0.15) is 18.8 Å². The zero-order chi connectivity index (χ0) is 28.0. The van der Waals surface area contributed by atoms with Crippen molar-refractivity contribution in [1.29, 1.82) is 0 Å². The normalized spacial score (nSPS) is 25.3. The highest BCUT2D eigenvalue weighted by Gasteiger charge is 2.49. The molecule has 2 rings (SSSR count). The fraction of sp³-hybridized carbons (Fsp3) is 0.655. The molecule has 0 aromatic heterocycles. The fourth-order valence-electron chi connectivity index (χ4n) is 4.86. The lowest BCUT2D eigenvalue weighted by Crippen LogP contribution is -2.43. The number of hydrogen-bond acceptors (Lipinski definition) is 7. The van der Waals surface area contributed by atoms with Crippen LogP contribution in [0.5, 0.6) is 0 Å². The predicted molar refractivity (Wildman–Crippen MR) is 144 cm³/mol. The Balaban J connectivity index is 1.69. The van der Waals surface area contributed by atoms with E-state index in [1.54, 1.807) is 0 Å². The van der Waals surface area contributed by atoms with Gasteiger partial charge in [0.2, 0.25) is 0 Å². The first-order valence-electron chi connectivity index (χ1n) is 13.6. The molecule has 214 valence electrons. The number of carboxylic acids is 1. The summed E-state index contributed by atoms with van der Waals surface area (Å²) in [5, 5.41) is 18.4. The highest BCUT2D eigenvalue weighted by atomic mass is 17.2. The van der Waals surface area contributed by atoms with Crippen LogP contribution >= 0.6 is 0 Å². The molecule has 9 heteroatoms. The van der Waals surface area contributed by atoms with Crippen LogP contribution in [0.2, 0.25) is 0 Å². The minimum Gasteiger partial charge on any atom is -0.481 e. The number of likely N-dealkylation sites (N-methyl/N-ethyl adjacent to an activating group) is 1. The zero-order valence-corrected chi connectivity index (χ0v) is 23.2. The molecule has 0 radical (unpaired) electrons. The summed E-state index contributed by atoms with van der Waals surface area (Å²) in [6.45, 7) is 2.56. The smallest absolute Gasteiger partial charge is 0.307 e. The van der Waals surface area contributed by atoms with E-state index in [4.69, 9.17) is 19.6 Å². The first-order valence-corrected chi connectivity index (χ1v) is 13.6. The van der Waals surface area contributed by atoms with E-state index in [0.717, 1.165) is 19.3 Å². The van der Waals surface area contributed by atoms with Crippen molar-refractivity contribution in [2.45, 2.75) is 82.7 Å². The van der Waals surface area contributed by atoms with Gasteiger partial charge in [0.15, 0.2) is 6.10 Å². The molecule has 1 saturated carbocycles. The molecule has 2 fully saturated rings. The van der Waals surface area contributed by atoms with Gasteiger partial charge in [0, 0.05) is 24.7 Å². The third-order valence-corrected chi connectivity index (χ3v) is 6.60. The van der Waals surface area contributed by atoms with Crippen molar-refractivity contribution < 1.29 is 43.8 Å². The number of allylic oxidation sites excluding steroid dienone is 5. The Labute approximate surface area is 226 Å². The summed E-state index contributed by atoms with van der Waals surface area (Å²) in [6, 6.07) is 0. The molecular formula is C29H46NO8+. The highest BCUT2D eigenvalue weighted by molar-refractivity contribution is 5.71. The quantitative estimate of drug-likeness (QED) is 0.0840. The Bertz CT molecular complexity index is 844. The monoisotopic (exact) mass is 536 g/mol. The summed E-state index contributed by atoms with van der Waals surface area (Å²) in [7, 11) is 5.78. The number of fused-ring (bicyclic) bond motifs is 2. The summed E-state index contributed by atoms with van der Waals surface area (Å²) < 4.78 is 5.89. The van der Waals surface area contributed by atoms with Gasteiger partial charge in [-0.05, 0) is 32.1 Å². The maximum atomic E-state index is 12.1. The van der Waals surface area contributed by atoms with Gasteiger partial charge < -0.3 is 14.3 Å². The van der Waals surface area contributed by atoms with Gasteiger partial charge in [-0.15, -0.1) is 0 Å². The molecule has 0 aromatic rings. The molecule has 9 nitrogen and oxygen atoms in total. The average molecular weight is 537 g/mol. The van der Waals surface area contributed by atoms with Crippen molar-refractivity contribution in [3.05, 3.63) is 48.6 Å². The number of carbonyl (C=O) groups is 2. The molecule has 1 saturated heterocycles. The third-order valence-electron chi connectivity index (χ3n) is 6.60. The Morgan fingerprint density at radius 2 is 1.79 bits per heavy atom. The Kier molecular flexibility index (Phi) is 14.0. The summed E-state index contributed by atoms with van der Waals surface area (Å²) in [4.78, 5) is 38.7. The molecule has 0 spiro atoms. The Morgan fingerprint density at radius 3 is 2.47 bits per heavy atom. The highest BCUT2D eigenvalue weighted by Crippen LogP contribution is 2.44. The largest absolute Gasteiger partial charge is 0.481 e. The van der Waals surface area contributed by atoms with Gasteiger partial charge in [-0.3, -0.25) is 14.8 Å². The second-order valence-electron chi connectivity index (χ2n) is 11.0. The van der Waals surface area contributed by atoms with E-state index in [-0.39, 0.29) is 31.0 Å². The molecule has 1 aliphatic carbocycles. The van der Waals surface area contributed by atoms with Crippen molar-refractivity contribution in [1.82, 2.24) is 0 Å². The third kappa shape index (κ3) is 12.0. The van der Waals surface area contributed by atoms with E-state index < -0.39 is 24.1 Å². The van der Waals surface area contributed by atoms with E-state index >= 15 is 0 Å². The number of ether oxygens (including phenoxy) is 1. The SMILES string of the molecule is CC/C=C/CC1C2CC(OO2)C1/C=C/C(C/C=C/C/C=C/CCC(=O)OC(CC(=O)O)C[N+](C)(C)C)OO. The summed E-state index contributed by atoms with van der Waals surface area (Å²) in [5.41, 5.74) is 0. The molecule has 1 heterocycles. The Hall–Kier alpha value is -2.30. The van der Waals surface area contributed by atoms with Crippen LogP contribution in [0.25, 0.3) is 0 Å². The van der Waals surface area contributed by atoms with E-state index in [9.17, 15) is 14.8 Å². The first-order chi connectivity index (χ1) is 18.1. The van der Waals surface area contributed by atoms with Crippen molar-refractivity contribution >= 4 is 11.9 Å². The lowest BCUT2D eigenvalue weighted by Gasteiger charge is -2.28. The molecule has 2 N–H and O–H groups in total. The van der Waals surface area contributed by atoms with Crippen LogP contribution in [0.4, 0.5) is 0 Å². The van der Waals surface area contributed by atoms with E-state index in [1.807, 2.05) is 51.5 Å². The number of carboxylic acid groups (broad SMARTS) is 1. The van der Waals surface area contributed by atoms with Gasteiger partial charge in [0.05, 0.1) is 33.7 Å². The van der Waals surface area contributed by atoms with Crippen LogP contribution in [0, 0.1) is 11.8 Å². The number of hydrogen-bond donors (Lipinski definition) is 2. The summed E-state index contributed by atoms with van der Waals surface area (Å²) in [6.07, 6.45) is 19.8. The van der Waals surface area contributed by atoms with E-state index in [2.05, 4.69) is 30.0 Å². The zero-order valence-electron chi connectivity index (χ0n) is 23.2. The van der Waals surface area contributed by atoms with E-state index in [1.165, 1.54) is 0 Å². The molecule has 2 bridgehead atoms. The van der Waals surface area contributed by atoms with E-state index in [0.29, 0.717) is 36.2 Å². The van der Waals surface area contributed by atoms with Crippen molar-refractivity contribution in [3.63, 3.8) is 0 Å². The van der Waals surface area contributed by atoms with Crippen LogP contribution in [0.1, 0.15) is 58.3 Å². The number of esters is 1. The van der Waals surface area contributed by atoms with Gasteiger partial charge in [-0.25, -0.2) is 14.7 Å². The Morgan fingerprint density at radius 1 is 1.05 bits per heavy atom. The molecule has 0 aromatic carbocycles. The van der Waals surface area contributed by atoms with Crippen molar-refractivity contribution in [2.24, 2.45) is 11.8 Å². The minimum atomic E-state index is -0.981. The number of aliphatic carboxylic acids is 1. The standard InChI is InChI=1S/C29H45NO8/c1-5-6-11-15-24-25(27-20-26(24)37-38-27)18-17-22(36-34)14-12-9-7-8-10-13-16-29(33)35-23(19-28(31)32)21-30(2,3)4/h6,8-12,17-18,22-27H,5,7,13-16,19-21H2,1-4H3,(H-,31,32,34)/p+1/b10-8+,11-6+,12-9+,18-17+. The molecule has 2 aliphatic rings. The maximum absolute atomic E-state index is 12.1. The minimum absolute atomic E-state index is 0.0503. The molecule has 6 unspecified atom stereocenters. The van der Waals surface area contributed by atoms with Gasteiger partial charge in [-0.1, -0.05) is 55.5 Å². The van der Waals surface area contributed by atoms with Gasteiger partial charge >= 0.3 is 11.9 Å². The van der Waals surface area contributed by atoms with Crippen LogP contribution in [-0.2, 0) is 29.0 Å². The molecule has 38 heavy (non-hydrogen) atoms. The number of rotatable bonds is 18. The van der Waals surface area contributed by atoms with Crippen LogP contribution < -0.4 is 0 Å². The number of quaternary nitrogens is 1. The summed E-state index contributed by atoms with van der Waals surface area (Å²) in [5.74, 6) is -0.773. The lowest BCUT2D eigenvalue weighted by molar-refractivity contribution is -0.873. The predicted octanol–water partition coefficient (Wildman–Crippen LogP) is 4.86. The van der Waals surface area contributed by atoms with Crippen LogP contribution in [-0.4, -0.2) is 78.9 Å². The van der Waals surface area contributed by atoms with Crippen molar-refractivity contribution in [3.8, 4) is 0 Å². The molecule has 0 amide bonds. The first kappa shape index (κ1) is 31.9. The molecule has 6 atom stereocenters. The number of nitrogens with zero attached hydrogens (tertiary/aromatic N) is 1. The molecular weight excluding hydrogens is 490 g/mol. The van der Waals surface area contributed by atoms with Gasteiger partial charge in [0.25, 0.3) is 0 Å². The fourth-order valence-corrected chi connectivity index (χ4v) is 4.86. The lowest BCUT2D eigenvalue weighted by atomic mass is 9.89. The maximum Gasteiger partial charge on any atom is 0.307 e.